The largest absolute Gasteiger partial charge is 0.489 e. The summed E-state index contributed by atoms with van der Waals surface area (Å²) >= 11 is 4.64. The molecule has 0 amide bonds. The summed E-state index contributed by atoms with van der Waals surface area (Å²) in [6, 6.07) is 18.3. The second-order valence-corrected chi connectivity index (χ2v) is 5.68. The molecule has 0 radical (unpaired) electrons. The van der Waals surface area contributed by atoms with Gasteiger partial charge in [0.05, 0.1) is 18.0 Å². The van der Waals surface area contributed by atoms with E-state index < -0.39 is 0 Å². The van der Waals surface area contributed by atoms with Crippen molar-refractivity contribution in [2.45, 2.75) is 11.4 Å². The third-order valence-corrected chi connectivity index (χ3v) is 3.84. The van der Waals surface area contributed by atoms with Gasteiger partial charge in [-0.3, -0.25) is 0 Å². The van der Waals surface area contributed by atoms with E-state index in [0.29, 0.717) is 19.8 Å². The van der Waals surface area contributed by atoms with Crippen molar-refractivity contribution in [1.82, 2.24) is 0 Å². The standard InChI is InChI=1S/C16H16O2S/c19-16(11-17-12-16)14-6-8-15(9-7-14)18-10-13-4-2-1-3-5-13/h1-9,19H,10-12H2. The van der Waals surface area contributed by atoms with Gasteiger partial charge in [0.15, 0.2) is 0 Å². The van der Waals surface area contributed by atoms with Crippen LogP contribution in [0.2, 0.25) is 0 Å². The molecule has 2 nitrogen and oxygen atoms in total. The molecule has 0 bridgehead atoms. The number of ether oxygens (including phenoxy) is 2. The zero-order chi connectivity index (χ0) is 13.1. The quantitative estimate of drug-likeness (QED) is 0.860. The van der Waals surface area contributed by atoms with E-state index in [9.17, 15) is 0 Å². The topological polar surface area (TPSA) is 18.5 Å². The SMILES string of the molecule is SC1(c2ccc(OCc3ccccc3)cc2)COC1. The van der Waals surface area contributed by atoms with Crippen LogP contribution in [0.15, 0.2) is 54.6 Å². The molecule has 19 heavy (non-hydrogen) atoms. The fourth-order valence-corrected chi connectivity index (χ4v) is 2.40. The number of hydrogen-bond acceptors (Lipinski definition) is 3. The lowest BCUT2D eigenvalue weighted by Crippen LogP contribution is -2.41. The summed E-state index contributed by atoms with van der Waals surface area (Å²) < 4.78 is 10.9. The van der Waals surface area contributed by atoms with Gasteiger partial charge in [-0.25, -0.2) is 0 Å². The second kappa shape index (κ2) is 5.27. The maximum atomic E-state index is 5.76. The van der Waals surface area contributed by atoms with E-state index in [1.165, 1.54) is 11.1 Å². The highest BCUT2D eigenvalue weighted by Crippen LogP contribution is 2.36. The monoisotopic (exact) mass is 272 g/mol. The summed E-state index contributed by atoms with van der Waals surface area (Å²) in [5.74, 6) is 0.879. The summed E-state index contributed by atoms with van der Waals surface area (Å²) in [6.45, 7) is 1.95. The van der Waals surface area contributed by atoms with Gasteiger partial charge in [0.25, 0.3) is 0 Å². The van der Waals surface area contributed by atoms with Gasteiger partial charge < -0.3 is 9.47 Å². The van der Waals surface area contributed by atoms with Gasteiger partial charge in [-0.15, -0.1) is 0 Å². The number of thiol groups is 1. The van der Waals surface area contributed by atoms with E-state index in [0.717, 1.165) is 5.75 Å². The smallest absolute Gasteiger partial charge is 0.119 e. The molecule has 0 N–H and O–H groups in total. The number of hydrogen-bond donors (Lipinski definition) is 1. The minimum Gasteiger partial charge on any atom is -0.489 e. The van der Waals surface area contributed by atoms with E-state index in [1.54, 1.807) is 0 Å². The molecule has 2 aromatic carbocycles. The first-order valence-corrected chi connectivity index (χ1v) is 6.78. The molecule has 0 saturated carbocycles. The van der Waals surface area contributed by atoms with E-state index >= 15 is 0 Å². The maximum Gasteiger partial charge on any atom is 0.119 e. The van der Waals surface area contributed by atoms with E-state index in [1.807, 2.05) is 30.3 Å². The predicted octanol–water partition coefficient (Wildman–Crippen LogP) is 3.42. The molecular weight excluding hydrogens is 256 g/mol. The number of benzene rings is 2. The van der Waals surface area contributed by atoms with Gasteiger partial charge in [0.1, 0.15) is 12.4 Å². The molecule has 2 aromatic rings. The average molecular weight is 272 g/mol. The van der Waals surface area contributed by atoms with Crippen LogP contribution in [-0.2, 0) is 16.1 Å². The van der Waals surface area contributed by atoms with Gasteiger partial charge in [-0.2, -0.15) is 12.6 Å². The van der Waals surface area contributed by atoms with Crippen LogP contribution in [0.5, 0.6) is 5.75 Å². The molecule has 1 fully saturated rings. The summed E-state index contributed by atoms with van der Waals surface area (Å²) in [7, 11) is 0. The molecule has 0 unspecified atom stereocenters. The first-order chi connectivity index (χ1) is 9.26. The molecule has 1 aliphatic rings. The summed E-state index contributed by atoms with van der Waals surface area (Å²) in [5.41, 5.74) is 2.36. The predicted molar refractivity (Wildman–Crippen MR) is 78.7 cm³/mol. The molecule has 98 valence electrons. The van der Waals surface area contributed by atoms with Crippen LogP contribution in [0.1, 0.15) is 11.1 Å². The van der Waals surface area contributed by atoms with Crippen molar-refractivity contribution in [2.75, 3.05) is 13.2 Å². The van der Waals surface area contributed by atoms with Gasteiger partial charge in [-0.05, 0) is 23.3 Å². The molecule has 0 atom stereocenters. The highest BCUT2D eigenvalue weighted by molar-refractivity contribution is 7.81. The van der Waals surface area contributed by atoms with Crippen LogP contribution < -0.4 is 4.74 Å². The van der Waals surface area contributed by atoms with Crippen LogP contribution in [0.3, 0.4) is 0 Å². The summed E-state index contributed by atoms with van der Waals surface area (Å²) in [4.78, 5) is 0. The molecule has 0 aliphatic carbocycles. The minimum atomic E-state index is -0.113. The lowest BCUT2D eigenvalue weighted by molar-refractivity contribution is -0.00971. The second-order valence-electron chi connectivity index (χ2n) is 4.82. The highest BCUT2D eigenvalue weighted by atomic mass is 32.1. The van der Waals surface area contributed by atoms with Crippen molar-refractivity contribution < 1.29 is 9.47 Å². The third-order valence-electron chi connectivity index (χ3n) is 3.32. The Morgan fingerprint density at radius 1 is 1.00 bits per heavy atom. The Morgan fingerprint density at radius 3 is 2.26 bits per heavy atom. The molecule has 3 rings (SSSR count). The van der Waals surface area contributed by atoms with Gasteiger partial charge >= 0.3 is 0 Å². The zero-order valence-electron chi connectivity index (χ0n) is 10.6. The van der Waals surface area contributed by atoms with Crippen LogP contribution in [0.25, 0.3) is 0 Å². The Bertz CT molecular complexity index is 532. The Morgan fingerprint density at radius 2 is 1.68 bits per heavy atom. The Kier molecular flexibility index (Phi) is 3.49. The van der Waals surface area contributed by atoms with E-state index in [2.05, 4.69) is 36.9 Å². The van der Waals surface area contributed by atoms with Crippen molar-refractivity contribution in [1.29, 1.82) is 0 Å². The number of rotatable bonds is 4. The first kappa shape index (κ1) is 12.6. The normalized spacial score (nSPS) is 16.7. The van der Waals surface area contributed by atoms with Crippen LogP contribution in [0, 0.1) is 0 Å². The average Bonchev–Trinajstić information content (AvgIpc) is 2.44. The first-order valence-electron chi connectivity index (χ1n) is 6.34. The fraction of sp³-hybridized carbons (Fsp3) is 0.250. The lowest BCUT2D eigenvalue weighted by atomic mass is 9.96. The molecule has 0 spiro atoms. The Balaban J connectivity index is 1.63. The van der Waals surface area contributed by atoms with E-state index in [-0.39, 0.29) is 4.75 Å². The van der Waals surface area contributed by atoms with Crippen molar-refractivity contribution in [3.8, 4) is 5.75 Å². The van der Waals surface area contributed by atoms with Crippen LogP contribution in [-0.4, -0.2) is 13.2 Å². The molecule has 3 heteroatoms. The maximum absolute atomic E-state index is 5.76. The summed E-state index contributed by atoms with van der Waals surface area (Å²) in [5, 5.41) is 0. The Hall–Kier alpha value is -1.45. The molecule has 1 heterocycles. The zero-order valence-corrected chi connectivity index (χ0v) is 11.5. The van der Waals surface area contributed by atoms with Crippen molar-refractivity contribution >= 4 is 12.6 Å². The van der Waals surface area contributed by atoms with Crippen molar-refractivity contribution in [2.24, 2.45) is 0 Å². The van der Waals surface area contributed by atoms with E-state index in [4.69, 9.17) is 9.47 Å². The van der Waals surface area contributed by atoms with Crippen LogP contribution in [0.4, 0.5) is 0 Å². The van der Waals surface area contributed by atoms with Gasteiger partial charge in [0.2, 0.25) is 0 Å². The third kappa shape index (κ3) is 2.77. The highest BCUT2D eigenvalue weighted by Gasteiger charge is 2.36. The van der Waals surface area contributed by atoms with Gasteiger partial charge in [0, 0.05) is 0 Å². The van der Waals surface area contributed by atoms with Crippen molar-refractivity contribution in [3.05, 3.63) is 65.7 Å². The molecule has 1 aliphatic heterocycles. The van der Waals surface area contributed by atoms with Crippen molar-refractivity contribution in [3.63, 3.8) is 0 Å². The molecule has 1 saturated heterocycles. The fourth-order valence-electron chi connectivity index (χ4n) is 2.06. The Labute approximate surface area is 118 Å². The molecule has 0 aromatic heterocycles. The van der Waals surface area contributed by atoms with Gasteiger partial charge in [-0.1, -0.05) is 42.5 Å². The summed E-state index contributed by atoms with van der Waals surface area (Å²) in [6.07, 6.45) is 0. The lowest BCUT2D eigenvalue weighted by Gasteiger charge is -2.37. The minimum absolute atomic E-state index is 0.113. The molecular formula is C16H16O2S. The van der Waals surface area contributed by atoms with Crippen LogP contribution >= 0.6 is 12.6 Å².